The number of fused-ring (bicyclic) bond motifs is 1. The van der Waals surface area contributed by atoms with Crippen LogP contribution in [-0.4, -0.2) is 39.0 Å². The molecule has 4 rings (SSSR count). The molecule has 0 saturated heterocycles. The van der Waals surface area contributed by atoms with Gasteiger partial charge < -0.3 is 14.6 Å². The number of ether oxygens (including phenoxy) is 1. The van der Waals surface area contributed by atoms with Crippen molar-refractivity contribution < 1.29 is 14.3 Å². The van der Waals surface area contributed by atoms with Gasteiger partial charge in [-0.1, -0.05) is 30.3 Å². The van der Waals surface area contributed by atoms with Crippen molar-refractivity contribution in [2.24, 2.45) is 0 Å². The summed E-state index contributed by atoms with van der Waals surface area (Å²) in [5.41, 5.74) is 1.59. The fourth-order valence-corrected chi connectivity index (χ4v) is 6.74. The van der Waals surface area contributed by atoms with E-state index in [1.807, 2.05) is 16.0 Å². The summed E-state index contributed by atoms with van der Waals surface area (Å²) in [6, 6.07) is 4.09. The first kappa shape index (κ1) is 24.7. The third-order valence-corrected chi connectivity index (χ3v) is 8.55. The summed E-state index contributed by atoms with van der Waals surface area (Å²) in [5.74, 6) is 0.476. The number of nitrogens with one attached hydrogen (secondary N) is 1. The van der Waals surface area contributed by atoms with Crippen LogP contribution in [0.3, 0.4) is 0 Å². The monoisotopic (exact) mass is 516 g/mol. The molecule has 180 valence electrons. The average Bonchev–Trinajstić information content (AvgIpc) is 3.50. The van der Waals surface area contributed by atoms with Gasteiger partial charge in [0.15, 0.2) is 5.16 Å². The van der Waals surface area contributed by atoms with Gasteiger partial charge in [-0.05, 0) is 49.6 Å². The summed E-state index contributed by atoms with van der Waals surface area (Å²) in [5, 5.41) is 14.9. The van der Waals surface area contributed by atoms with E-state index in [9.17, 15) is 9.59 Å². The van der Waals surface area contributed by atoms with E-state index in [-0.39, 0.29) is 17.6 Å². The number of amides is 1. The zero-order chi connectivity index (χ0) is 23.9. The summed E-state index contributed by atoms with van der Waals surface area (Å²) in [4.78, 5) is 28.0. The van der Waals surface area contributed by atoms with Gasteiger partial charge in [0.2, 0.25) is 5.91 Å². The Hall–Kier alpha value is -2.43. The molecule has 0 aliphatic heterocycles. The van der Waals surface area contributed by atoms with Gasteiger partial charge in [0, 0.05) is 22.7 Å². The van der Waals surface area contributed by atoms with Gasteiger partial charge in [0.1, 0.15) is 10.8 Å². The Balaban J connectivity index is 1.47. The Kier molecular flexibility index (Phi) is 8.58. The Labute approximate surface area is 211 Å². The minimum atomic E-state index is -0.353. The average molecular weight is 517 g/mol. The van der Waals surface area contributed by atoms with Crippen molar-refractivity contribution in [3.63, 3.8) is 0 Å². The maximum absolute atomic E-state index is 12.9. The number of anilines is 1. The second-order valence-electron chi connectivity index (χ2n) is 7.88. The first-order chi connectivity index (χ1) is 16.6. The Bertz CT molecular complexity index is 1150. The number of carbonyl (C=O) groups excluding carboxylic acids is 2. The van der Waals surface area contributed by atoms with Crippen molar-refractivity contribution in [1.82, 2.24) is 14.8 Å². The number of esters is 1. The molecule has 0 unspecified atom stereocenters. The molecule has 0 saturated carbocycles. The van der Waals surface area contributed by atoms with E-state index in [0.29, 0.717) is 35.3 Å². The number of hydrogen-bond acceptors (Lipinski definition) is 8. The molecule has 1 aliphatic rings. The lowest BCUT2D eigenvalue weighted by molar-refractivity contribution is -0.113. The lowest BCUT2D eigenvalue weighted by atomic mass is 10.1. The van der Waals surface area contributed by atoms with Gasteiger partial charge in [-0.3, -0.25) is 4.79 Å². The molecule has 0 bridgehead atoms. The highest BCUT2D eigenvalue weighted by molar-refractivity contribution is 7.99. The Morgan fingerprint density at radius 3 is 2.91 bits per heavy atom. The summed E-state index contributed by atoms with van der Waals surface area (Å²) in [6.45, 7) is 6.51. The van der Waals surface area contributed by atoms with Crippen LogP contribution in [0.2, 0.25) is 0 Å². The SMILES string of the molecule is C=CCn1c(Cc2cccs2)nnc1SCC(=O)Nc1sc2c(c1C(=O)OCC)CCCCC2. The maximum atomic E-state index is 12.9. The van der Waals surface area contributed by atoms with Crippen molar-refractivity contribution in [3.8, 4) is 0 Å². The Morgan fingerprint density at radius 2 is 2.15 bits per heavy atom. The van der Waals surface area contributed by atoms with Crippen molar-refractivity contribution >= 4 is 51.3 Å². The second-order valence-corrected chi connectivity index (χ2v) is 11.0. The van der Waals surface area contributed by atoms with Gasteiger partial charge >= 0.3 is 5.97 Å². The van der Waals surface area contributed by atoms with Crippen LogP contribution < -0.4 is 5.32 Å². The smallest absolute Gasteiger partial charge is 0.341 e. The summed E-state index contributed by atoms with van der Waals surface area (Å²) in [6.07, 6.45) is 7.58. The molecular weight excluding hydrogens is 488 g/mol. The van der Waals surface area contributed by atoms with Crippen LogP contribution in [0.15, 0.2) is 35.3 Å². The molecule has 10 heteroatoms. The molecule has 0 radical (unpaired) electrons. The first-order valence-corrected chi connectivity index (χ1v) is 14.1. The third-order valence-electron chi connectivity index (χ3n) is 5.50. The molecular formula is C24H28N4O3S3. The highest BCUT2D eigenvalue weighted by Crippen LogP contribution is 2.38. The standard InChI is InChI=1S/C24H28N4O3S3/c1-3-12-28-19(14-16-9-8-13-32-16)26-27-24(28)33-15-20(29)25-22-21(23(30)31-4-2)17-10-6-5-7-11-18(17)34-22/h3,8-9,13H,1,4-7,10-12,14-15H2,2H3,(H,25,29). The van der Waals surface area contributed by atoms with E-state index < -0.39 is 0 Å². The second kappa shape index (κ2) is 11.8. The highest BCUT2D eigenvalue weighted by Gasteiger charge is 2.26. The van der Waals surface area contributed by atoms with Gasteiger partial charge in [0.05, 0.1) is 17.9 Å². The summed E-state index contributed by atoms with van der Waals surface area (Å²) in [7, 11) is 0. The topological polar surface area (TPSA) is 86.1 Å². The molecule has 7 nitrogen and oxygen atoms in total. The van der Waals surface area contributed by atoms with Gasteiger partial charge in [-0.2, -0.15) is 0 Å². The van der Waals surface area contributed by atoms with Crippen LogP contribution in [-0.2, 0) is 35.3 Å². The van der Waals surface area contributed by atoms with Crippen molar-refractivity contribution in [3.05, 3.63) is 56.9 Å². The van der Waals surface area contributed by atoms with Gasteiger partial charge in [0.25, 0.3) is 0 Å². The van der Waals surface area contributed by atoms with Crippen LogP contribution in [0.4, 0.5) is 5.00 Å². The van der Waals surface area contributed by atoms with Crippen LogP contribution in [0.5, 0.6) is 0 Å². The fraction of sp³-hybridized carbons (Fsp3) is 0.417. The number of nitrogens with zero attached hydrogens (tertiary/aromatic N) is 3. The minimum Gasteiger partial charge on any atom is -0.462 e. The molecule has 3 aromatic rings. The molecule has 3 aromatic heterocycles. The predicted molar refractivity (Wildman–Crippen MR) is 138 cm³/mol. The molecule has 1 aliphatic carbocycles. The highest BCUT2D eigenvalue weighted by atomic mass is 32.2. The number of aryl methyl sites for hydroxylation is 1. The van der Waals surface area contributed by atoms with Crippen molar-refractivity contribution in [1.29, 1.82) is 0 Å². The van der Waals surface area contributed by atoms with E-state index >= 15 is 0 Å². The number of carbonyl (C=O) groups is 2. The van der Waals surface area contributed by atoms with E-state index in [2.05, 4.69) is 28.2 Å². The Morgan fingerprint density at radius 1 is 1.29 bits per heavy atom. The largest absolute Gasteiger partial charge is 0.462 e. The van der Waals surface area contributed by atoms with Crippen LogP contribution in [0.1, 0.15) is 57.7 Å². The summed E-state index contributed by atoms with van der Waals surface area (Å²) < 4.78 is 7.30. The fourth-order valence-electron chi connectivity index (χ4n) is 3.98. The third kappa shape index (κ3) is 5.79. The predicted octanol–water partition coefficient (Wildman–Crippen LogP) is 5.35. The lowest BCUT2D eigenvalue weighted by Crippen LogP contribution is -2.17. The van der Waals surface area contributed by atoms with E-state index in [4.69, 9.17) is 4.74 Å². The molecule has 3 heterocycles. The molecule has 1 N–H and O–H groups in total. The number of thioether (sulfide) groups is 1. The number of hydrogen-bond donors (Lipinski definition) is 1. The maximum Gasteiger partial charge on any atom is 0.341 e. The normalized spacial score (nSPS) is 13.2. The molecule has 0 atom stereocenters. The van der Waals surface area contributed by atoms with E-state index in [0.717, 1.165) is 43.5 Å². The lowest BCUT2D eigenvalue weighted by Gasteiger charge is -2.09. The van der Waals surface area contributed by atoms with Crippen molar-refractivity contribution in [2.45, 2.75) is 57.1 Å². The van der Waals surface area contributed by atoms with Gasteiger partial charge in [-0.15, -0.1) is 39.4 Å². The zero-order valence-electron chi connectivity index (χ0n) is 19.2. The number of aromatic nitrogens is 3. The van der Waals surface area contributed by atoms with E-state index in [1.165, 1.54) is 32.9 Å². The minimum absolute atomic E-state index is 0.166. The molecule has 34 heavy (non-hydrogen) atoms. The molecule has 0 spiro atoms. The number of allylic oxidation sites excluding steroid dienone is 1. The van der Waals surface area contributed by atoms with Crippen LogP contribution in [0.25, 0.3) is 0 Å². The van der Waals surface area contributed by atoms with Crippen LogP contribution in [0, 0.1) is 0 Å². The van der Waals surface area contributed by atoms with Crippen molar-refractivity contribution in [2.75, 3.05) is 17.7 Å². The zero-order valence-corrected chi connectivity index (χ0v) is 21.6. The number of thiophene rings is 2. The first-order valence-electron chi connectivity index (χ1n) is 11.4. The molecule has 1 amide bonds. The van der Waals surface area contributed by atoms with Gasteiger partial charge in [-0.25, -0.2) is 4.79 Å². The quantitative estimate of drug-likeness (QED) is 0.169. The van der Waals surface area contributed by atoms with E-state index in [1.54, 1.807) is 24.3 Å². The molecule has 0 fully saturated rings. The van der Waals surface area contributed by atoms with Crippen LogP contribution >= 0.6 is 34.4 Å². The summed E-state index contributed by atoms with van der Waals surface area (Å²) >= 11 is 4.52. The molecule has 0 aromatic carbocycles. The number of rotatable bonds is 10.